The van der Waals surface area contributed by atoms with E-state index < -0.39 is 28.5 Å². The van der Waals surface area contributed by atoms with Gasteiger partial charge in [0.05, 0.1) is 11.9 Å². The summed E-state index contributed by atoms with van der Waals surface area (Å²) in [4.78, 5) is 29.6. The Balaban J connectivity index is 1.72. The second-order valence-electron chi connectivity index (χ2n) is 10.8. The van der Waals surface area contributed by atoms with Gasteiger partial charge in [-0.05, 0) is 49.4 Å². The summed E-state index contributed by atoms with van der Waals surface area (Å²) in [5.74, 6) is -0.644. The second-order valence-corrected chi connectivity index (χ2v) is 12.7. The van der Waals surface area contributed by atoms with Gasteiger partial charge in [-0.1, -0.05) is 91.2 Å². The largest absolute Gasteiger partial charge is 0.352 e. The predicted molar refractivity (Wildman–Crippen MR) is 159 cm³/mol. The zero-order valence-corrected chi connectivity index (χ0v) is 24.4. The van der Waals surface area contributed by atoms with Crippen LogP contribution in [0.3, 0.4) is 0 Å². The predicted octanol–water partition coefficient (Wildman–Crippen LogP) is 4.77. The summed E-state index contributed by atoms with van der Waals surface area (Å²) < 4.78 is 27.0. The number of rotatable bonds is 11. The highest BCUT2D eigenvalue weighted by molar-refractivity contribution is 7.92. The third-order valence-electron chi connectivity index (χ3n) is 7.51. The number of aryl methyl sites for hydroxylation is 2. The molecule has 2 amide bonds. The van der Waals surface area contributed by atoms with Crippen molar-refractivity contribution in [1.82, 2.24) is 10.2 Å². The summed E-state index contributed by atoms with van der Waals surface area (Å²) in [6.07, 6.45) is 5.40. The van der Waals surface area contributed by atoms with Gasteiger partial charge in [-0.2, -0.15) is 0 Å². The van der Waals surface area contributed by atoms with Gasteiger partial charge >= 0.3 is 0 Å². The third kappa shape index (κ3) is 7.72. The minimum absolute atomic E-state index is 0.0848. The van der Waals surface area contributed by atoms with Crippen molar-refractivity contribution in [3.63, 3.8) is 0 Å². The second kappa shape index (κ2) is 13.1. The number of hydrogen-bond acceptors (Lipinski definition) is 4. The fourth-order valence-electron chi connectivity index (χ4n) is 5.25. The number of nitrogens with zero attached hydrogens (tertiary/aromatic N) is 2. The molecule has 3 aromatic rings. The van der Waals surface area contributed by atoms with E-state index in [0.29, 0.717) is 12.1 Å². The molecule has 0 radical (unpaired) electrons. The summed E-state index contributed by atoms with van der Waals surface area (Å²) in [5, 5.41) is 3.19. The van der Waals surface area contributed by atoms with Crippen molar-refractivity contribution in [2.24, 2.45) is 0 Å². The third-order valence-corrected chi connectivity index (χ3v) is 8.64. The zero-order valence-electron chi connectivity index (χ0n) is 23.5. The molecule has 3 aromatic carbocycles. The molecule has 1 atom stereocenters. The first-order valence-electron chi connectivity index (χ1n) is 13.8. The van der Waals surface area contributed by atoms with Crippen LogP contribution in [0.1, 0.15) is 47.9 Å². The summed E-state index contributed by atoms with van der Waals surface area (Å²) in [7, 11) is -3.79. The Bertz CT molecular complexity index is 1400. The van der Waals surface area contributed by atoms with Crippen LogP contribution in [-0.2, 0) is 32.6 Å². The van der Waals surface area contributed by atoms with Crippen molar-refractivity contribution in [2.45, 2.75) is 64.6 Å². The lowest BCUT2D eigenvalue weighted by atomic mass is 10.0. The highest BCUT2D eigenvalue weighted by Crippen LogP contribution is 2.24. The van der Waals surface area contributed by atoms with E-state index in [1.165, 1.54) is 0 Å². The SMILES string of the molecule is Cc1ccc(CN(C(=O)CN(c2ccccc2C)S(C)(=O)=O)[C@@H](Cc2ccccc2)C(=O)NC2CCCC2)cc1. The van der Waals surface area contributed by atoms with E-state index in [-0.39, 0.29) is 18.5 Å². The molecular weight excluding hydrogens is 522 g/mol. The summed E-state index contributed by atoms with van der Waals surface area (Å²) >= 11 is 0. The van der Waals surface area contributed by atoms with E-state index in [0.717, 1.165) is 58.5 Å². The molecule has 0 heterocycles. The molecule has 0 saturated heterocycles. The topological polar surface area (TPSA) is 86.8 Å². The first-order valence-corrected chi connectivity index (χ1v) is 15.7. The van der Waals surface area contributed by atoms with Gasteiger partial charge in [0, 0.05) is 19.0 Å². The molecule has 0 spiro atoms. The van der Waals surface area contributed by atoms with Crippen molar-refractivity contribution in [1.29, 1.82) is 0 Å². The molecule has 1 fully saturated rings. The number of para-hydroxylation sites is 1. The average Bonchev–Trinajstić information content (AvgIpc) is 3.43. The lowest BCUT2D eigenvalue weighted by Gasteiger charge is -2.34. The molecule has 7 nitrogen and oxygen atoms in total. The fraction of sp³-hybridized carbons (Fsp3) is 0.375. The standard InChI is InChI=1S/C32H39N3O4S/c1-24-17-19-27(20-18-24)22-34(31(36)23-35(40(3,38)39)29-16-10-7-11-25(29)2)30(21-26-12-5-4-6-13-26)32(37)33-28-14-8-9-15-28/h4-7,10-13,16-20,28,30H,8-9,14-15,21-23H2,1-3H3,(H,33,37)/t30-/m0/s1. The monoisotopic (exact) mass is 561 g/mol. The van der Waals surface area contributed by atoms with Crippen LogP contribution in [0.4, 0.5) is 5.69 Å². The molecule has 4 rings (SSSR count). The van der Waals surface area contributed by atoms with Crippen LogP contribution in [0.25, 0.3) is 0 Å². The van der Waals surface area contributed by atoms with Crippen molar-refractivity contribution in [3.8, 4) is 0 Å². The van der Waals surface area contributed by atoms with Gasteiger partial charge in [0.1, 0.15) is 12.6 Å². The van der Waals surface area contributed by atoms with Crippen LogP contribution in [0.2, 0.25) is 0 Å². The Hall–Kier alpha value is -3.65. The van der Waals surface area contributed by atoms with Gasteiger partial charge in [0.2, 0.25) is 21.8 Å². The first kappa shape index (κ1) is 29.3. The minimum Gasteiger partial charge on any atom is -0.352 e. The van der Waals surface area contributed by atoms with Crippen LogP contribution in [0.5, 0.6) is 0 Å². The molecule has 1 aliphatic carbocycles. The fourth-order valence-corrected chi connectivity index (χ4v) is 6.16. The Morgan fingerprint density at radius 2 is 1.50 bits per heavy atom. The van der Waals surface area contributed by atoms with Crippen molar-refractivity contribution >= 4 is 27.5 Å². The Kier molecular flexibility index (Phi) is 9.63. The van der Waals surface area contributed by atoms with E-state index >= 15 is 0 Å². The van der Waals surface area contributed by atoms with Crippen molar-refractivity contribution < 1.29 is 18.0 Å². The van der Waals surface area contributed by atoms with Crippen molar-refractivity contribution in [2.75, 3.05) is 17.1 Å². The molecular formula is C32H39N3O4S. The van der Waals surface area contributed by atoms with Crippen LogP contribution in [0.15, 0.2) is 78.9 Å². The smallest absolute Gasteiger partial charge is 0.244 e. The summed E-state index contributed by atoms with van der Waals surface area (Å²) in [6, 6.07) is 23.8. The number of anilines is 1. The van der Waals surface area contributed by atoms with E-state index in [1.54, 1.807) is 17.0 Å². The highest BCUT2D eigenvalue weighted by atomic mass is 32.2. The molecule has 0 aliphatic heterocycles. The maximum atomic E-state index is 14.2. The molecule has 8 heteroatoms. The Morgan fingerprint density at radius 3 is 2.12 bits per heavy atom. The molecule has 1 N–H and O–H groups in total. The number of carbonyl (C=O) groups excluding carboxylic acids is 2. The van der Waals surface area contributed by atoms with Gasteiger partial charge in [0.15, 0.2) is 0 Å². The minimum atomic E-state index is -3.79. The molecule has 1 saturated carbocycles. The number of amides is 2. The molecule has 0 bridgehead atoms. The Morgan fingerprint density at radius 1 is 0.875 bits per heavy atom. The number of benzene rings is 3. The first-order chi connectivity index (χ1) is 19.1. The van der Waals surface area contributed by atoms with Gasteiger partial charge in [-0.25, -0.2) is 8.42 Å². The van der Waals surface area contributed by atoms with Gasteiger partial charge in [-0.15, -0.1) is 0 Å². The maximum absolute atomic E-state index is 14.2. The van der Waals surface area contributed by atoms with E-state index in [9.17, 15) is 18.0 Å². The lowest BCUT2D eigenvalue weighted by molar-refractivity contribution is -0.140. The van der Waals surface area contributed by atoms with Gasteiger partial charge in [-0.3, -0.25) is 13.9 Å². The normalized spacial score (nSPS) is 14.5. The molecule has 0 aromatic heterocycles. The van der Waals surface area contributed by atoms with Gasteiger partial charge in [0.25, 0.3) is 0 Å². The number of hydrogen-bond donors (Lipinski definition) is 1. The van der Waals surface area contributed by atoms with E-state index in [4.69, 9.17) is 0 Å². The van der Waals surface area contributed by atoms with Crippen LogP contribution in [0, 0.1) is 13.8 Å². The summed E-state index contributed by atoms with van der Waals surface area (Å²) in [6.45, 7) is 3.58. The van der Waals surface area contributed by atoms with E-state index in [1.807, 2.05) is 80.6 Å². The zero-order chi connectivity index (χ0) is 28.7. The number of carbonyl (C=O) groups is 2. The Labute approximate surface area is 238 Å². The highest BCUT2D eigenvalue weighted by Gasteiger charge is 2.34. The average molecular weight is 562 g/mol. The van der Waals surface area contributed by atoms with Gasteiger partial charge < -0.3 is 10.2 Å². The van der Waals surface area contributed by atoms with Crippen LogP contribution >= 0.6 is 0 Å². The molecule has 0 unspecified atom stereocenters. The van der Waals surface area contributed by atoms with Crippen molar-refractivity contribution in [3.05, 3.63) is 101 Å². The quantitative estimate of drug-likeness (QED) is 0.366. The maximum Gasteiger partial charge on any atom is 0.244 e. The number of sulfonamides is 1. The van der Waals surface area contributed by atoms with Crippen LogP contribution in [-0.4, -0.2) is 50.0 Å². The van der Waals surface area contributed by atoms with E-state index in [2.05, 4.69) is 5.32 Å². The summed E-state index contributed by atoms with van der Waals surface area (Å²) in [5.41, 5.74) is 4.07. The molecule has 212 valence electrons. The molecule has 40 heavy (non-hydrogen) atoms. The van der Waals surface area contributed by atoms with Crippen LogP contribution < -0.4 is 9.62 Å². The molecule has 1 aliphatic rings. The lowest BCUT2D eigenvalue weighted by Crippen LogP contribution is -2.54. The number of nitrogens with one attached hydrogen (secondary N) is 1.